The summed E-state index contributed by atoms with van der Waals surface area (Å²) >= 11 is 3.38. The summed E-state index contributed by atoms with van der Waals surface area (Å²) < 4.78 is 19.7. The lowest BCUT2D eigenvalue weighted by molar-refractivity contribution is 0.257. The third kappa shape index (κ3) is 3.55. The van der Waals surface area contributed by atoms with Crippen LogP contribution in [0, 0.1) is 12.7 Å². The maximum absolute atomic E-state index is 13.1. The molecule has 19 heavy (non-hydrogen) atoms. The number of benzene rings is 2. The van der Waals surface area contributed by atoms with Gasteiger partial charge in [0.25, 0.3) is 0 Å². The lowest BCUT2D eigenvalue weighted by atomic mass is 10.1. The zero-order valence-corrected chi connectivity index (χ0v) is 12.1. The minimum atomic E-state index is -0.281. The molecule has 0 bridgehead atoms. The molecule has 0 heterocycles. The second-order valence-corrected chi connectivity index (χ2v) is 5.20. The molecule has 0 radical (unpaired) electrons. The van der Waals surface area contributed by atoms with E-state index < -0.39 is 0 Å². The zero-order chi connectivity index (χ0) is 13.8. The van der Waals surface area contributed by atoms with Gasteiger partial charge in [0.1, 0.15) is 18.2 Å². The molecular formula is C15H14BrFO2. The van der Waals surface area contributed by atoms with Crippen molar-refractivity contribution in [1.82, 2.24) is 0 Å². The molecule has 2 rings (SSSR count). The third-order valence-electron chi connectivity index (χ3n) is 2.76. The van der Waals surface area contributed by atoms with E-state index in [2.05, 4.69) is 15.9 Å². The van der Waals surface area contributed by atoms with Crippen molar-refractivity contribution in [3.63, 3.8) is 0 Å². The van der Waals surface area contributed by atoms with E-state index in [4.69, 9.17) is 4.74 Å². The van der Waals surface area contributed by atoms with E-state index in [9.17, 15) is 9.50 Å². The minimum Gasteiger partial charge on any atom is -0.488 e. The molecule has 1 N–H and O–H groups in total. The van der Waals surface area contributed by atoms with Gasteiger partial charge in [0.05, 0.1) is 6.61 Å². The van der Waals surface area contributed by atoms with Crippen LogP contribution in [0.2, 0.25) is 0 Å². The first kappa shape index (κ1) is 14.0. The Hall–Kier alpha value is -1.39. The molecule has 0 aromatic heterocycles. The monoisotopic (exact) mass is 324 g/mol. The Balaban J connectivity index is 2.19. The fourth-order valence-corrected chi connectivity index (χ4v) is 2.53. The van der Waals surface area contributed by atoms with Crippen molar-refractivity contribution >= 4 is 15.9 Å². The van der Waals surface area contributed by atoms with Gasteiger partial charge in [0.15, 0.2) is 0 Å². The van der Waals surface area contributed by atoms with E-state index in [1.54, 1.807) is 12.1 Å². The van der Waals surface area contributed by atoms with Crippen LogP contribution in [0.15, 0.2) is 40.9 Å². The molecule has 0 fully saturated rings. The average Bonchev–Trinajstić information content (AvgIpc) is 2.37. The first-order valence-electron chi connectivity index (χ1n) is 5.87. The van der Waals surface area contributed by atoms with E-state index in [-0.39, 0.29) is 19.0 Å². The second-order valence-electron chi connectivity index (χ2n) is 4.29. The maximum atomic E-state index is 13.1. The second kappa shape index (κ2) is 6.17. The van der Waals surface area contributed by atoms with Crippen molar-refractivity contribution in [1.29, 1.82) is 0 Å². The fraction of sp³-hybridized carbons (Fsp3) is 0.200. The van der Waals surface area contributed by atoms with Gasteiger partial charge in [-0.1, -0.05) is 28.1 Å². The van der Waals surface area contributed by atoms with Crippen molar-refractivity contribution in [3.8, 4) is 5.75 Å². The summed E-state index contributed by atoms with van der Waals surface area (Å²) in [7, 11) is 0. The summed E-state index contributed by atoms with van der Waals surface area (Å²) in [6, 6.07) is 10.0. The predicted octanol–water partition coefficient (Wildman–Crippen LogP) is 3.97. The van der Waals surface area contributed by atoms with Crippen LogP contribution in [0.5, 0.6) is 5.75 Å². The van der Waals surface area contributed by atoms with E-state index in [0.717, 1.165) is 15.6 Å². The van der Waals surface area contributed by atoms with E-state index in [0.29, 0.717) is 11.3 Å². The molecular weight excluding hydrogens is 311 g/mol. The van der Waals surface area contributed by atoms with Crippen LogP contribution >= 0.6 is 15.9 Å². The van der Waals surface area contributed by atoms with Crippen molar-refractivity contribution in [2.75, 3.05) is 0 Å². The molecule has 100 valence electrons. The smallest absolute Gasteiger partial charge is 0.128 e. The summed E-state index contributed by atoms with van der Waals surface area (Å²) in [5.74, 6) is 0.367. The highest BCUT2D eigenvalue weighted by molar-refractivity contribution is 9.10. The molecule has 2 aromatic rings. The van der Waals surface area contributed by atoms with Crippen molar-refractivity contribution in [2.24, 2.45) is 0 Å². The topological polar surface area (TPSA) is 29.5 Å². The van der Waals surface area contributed by atoms with E-state index in [1.165, 1.54) is 12.1 Å². The average molecular weight is 325 g/mol. The van der Waals surface area contributed by atoms with Crippen LogP contribution in [-0.4, -0.2) is 5.11 Å². The molecule has 0 unspecified atom stereocenters. The molecule has 0 aliphatic rings. The maximum Gasteiger partial charge on any atom is 0.128 e. The standard InChI is InChI=1S/C15H14BrFO2/c1-10-5-13(16)7-12(8-18)15(10)19-9-11-3-2-4-14(17)6-11/h2-7,18H,8-9H2,1H3. The Kier molecular flexibility index (Phi) is 4.56. The summed E-state index contributed by atoms with van der Waals surface area (Å²) in [5, 5.41) is 9.35. The molecule has 0 spiro atoms. The van der Waals surface area contributed by atoms with Gasteiger partial charge in [-0.25, -0.2) is 4.39 Å². The zero-order valence-electron chi connectivity index (χ0n) is 10.5. The normalized spacial score (nSPS) is 10.5. The van der Waals surface area contributed by atoms with E-state index in [1.807, 2.05) is 19.1 Å². The van der Waals surface area contributed by atoms with Crippen LogP contribution in [0.3, 0.4) is 0 Å². The van der Waals surface area contributed by atoms with Crippen molar-refractivity contribution < 1.29 is 14.2 Å². The number of ether oxygens (including phenoxy) is 1. The fourth-order valence-electron chi connectivity index (χ4n) is 1.91. The quantitative estimate of drug-likeness (QED) is 0.922. The number of aryl methyl sites for hydroxylation is 1. The van der Waals surface area contributed by atoms with Gasteiger partial charge < -0.3 is 9.84 Å². The first-order chi connectivity index (χ1) is 9.10. The summed E-state index contributed by atoms with van der Waals surface area (Å²) in [6.45, 7) is 2.08. The van der Waals surface area contributed by atoms with Gasteiger partial charge in [-0.05, 0) is 42.3 Å². The summed E-state index contributed by atoms with van der Waals surface area (Å²) in [4.78, 5) is 0. The van der Waals surface area contributed by atoms with Crippen molar-refractivity contribution in [2.45, 2.75) is 20.1 Å². The van der Waals surface area contributed by atoms with Gasteiger partial charge in [0.2, 0.25) is 0 Å². The SMILES string of the molecule is Cc1cc(Br)cc(CO)c1OCc1cccc(F)c1. The Morgan fingerprint density at radius 3 is 2.74 bits per heavy atom. The lowest BCUT2D eigenvalue weighted by Crippen LogP contribution is -2.01. The van der Waals surface area contributed by atoms with Crippen LogP contribution in [0.1, 0.15) is 16.7 Å². The van der Waals surface area contributed by atoms with Gasteiger partial charge in [-0.2, -0.15) is 0 Å². The van der Waals surface area contributed by atoms with Gasteiger partial charge in [-0.15, -0.1) is 0 Å². The third-order valence-corrected chi connectivity index (χ3v) is 3.22. The summed E-state index contributed by atoms with van der Waals surface area (Å²) in [6.07, 6.45) is 0. The Morgan fingerprint density at radius 1 is 1.26 bits per heavy atom. The molecule has 0 saturated carbocycles. The Bertz CT molecular complexity index is 584. The number of halogens is 2. The lowest BCUT2D eigenvalue weighted by Gasteiger charge is -2.13. The van der Waals surface area contributed by atoms with Gasteiger partial charge in [-0.3, -0.25) is 0 Å². The number of hydrogen-bond acceptors (Lipinski definition) is 2. The number of aliphatic hydroxyl groups excluding tert-OH is 1. The highest BCUT2D eigenvalue weighted by Crippen LogP contribution is 2.28. The molecule has 4 heteroatoms. The number of hydrogen-bond donors (Lipinski definition) is 1. The van der Waals surface area contributed by atoms with Crippen LogP contribution in [0.4, 0.5) is 4.39 Å². The van der Waals surface area contributed by atoms with Crippen molar-refractivity contribution in [3.05, 3.63) is 63.4 Å². The molecule has 0 aliphatic carbocycles. The molecule has 0 amide bonds. The minimum absolute atomic E-state index is 0.0984. The van der Waals surface area contributed by atoms with Crippen LogP contribution in [0.25, 0.3) is 0 Å². The van der Waals surface area contributed by atoms with Gasteiger partial charge >= 0.3 is 0 Å². The van der Waals surface area contributed by atoms with Crippen LogP contribution in [-0.2, 0) is 13.2 Å². The number of aliphatic hydroxyl groups is 1. The molecule has 2 nitrogen and oxygen atoms in total. The Morgan fingerprint density at radius 2 is 2.05 bits per heavy atom. The predicted molar refractivity (Wildman–Crippen MR) is 75.5 cm³/mol. The molecule has 2 aromatic carbocycles. The Labute approximate surface area is 120 Å². The first-order valence-corrected chi connectivity index (χ1v) is 6.66. The highest BCUT2D eigenvalue weighted by atomic mass is 79.9. The van der Waals surface area contributed by atoms with E-state index >= 15 is 0 Å². The van der Waals surface area contributed by atoms with Crippen LogP contribution < -0.4 is 4.74 Å². The largest absolute Gasteiger partial charge is 0.488 e. The molecule has 0 saturated heterocycles. The number of rotatable bonds is 4. The molecule has 0 atom stereocenters. The highest BCUT2D eigenvalue weighted by Gasteiger charge is 2.09. The molecule has 0 aliphatic heterocycles. The van der Waals surface area contributed by atoms with Gasteiger partial charge in [0, 0.05) is 10.0 Å². The summed E-state index contributed by atoms with van der Waals surface area (Å²) in [5.41, 5.74) is 2.39.